The Morgan fingerprint density at radius 1 is 1.31 bits per heavy atom. The van der Waals surface area contributed by atoms with Gasteiger partial charge in [-0.05, 0) is 67.1 Å². The van der Waals surface area contributed by atoms with Crippen molar-refractivity contribution in [3.05, 3.63) is 41.3 Å². The zero-order chi connectivity index (χ0) is 23.5. The fourth-order valence-corrected chi connectivity index (χ4v) is 5.73. The molecule has 3 N–H and O–H groups in total. The molecule has 1 aliphatic rings. The Bertz CT molecular complexity index is 993. The lowest BCUT2D eigenvalue weighted by atomic mass is 9.52. The number of hydrogen-bond donors (Lipinski definition) is 3. The highest BCUT2D eigenvalue weighted by Gasteiger charge is 2.50. The number of nitrogens with one attached hydrogen (secondary N) is 1. The van der Waals surface area contributed by atoms with Crippen LogP contribution in [0.15, 0.2) is 35.7 Å². The molecule has 1 saturated carbocycles. The predicted molar refractivity (Wildman–Crippen MR) is 130 cm³/mol. The molecule has 1 amide bonds. The minimum absolute atomic E-state index is 0.0460. The van der Waals surface area contributed by atoms with E-state index in [2.05, 4.69) is 45.2 Å². The summed E-state index contributed by atoms with van der Waals surface area (Å²) in [5, 5.41) is 24.7. The quantitative estimate of drug-likeness (QED) is 0.292. The molecule has 0 radical (unpaired) electrons. The summed E-state index contributed by atoms with van der Waals surface area (Å²) in [6, 6.07) is 5.20. The largest absolute Gasteiger partial charge is 0.508 e. The second kappa shape index (κ2) is 10.1. The summed E-state index contributed by atoms with van der Waals surface area (Å²) < 4.78 is 0.986. The fourth-order valence-electron chi connectivity index (χ4n) is 4.81. The Balaban J connectivity index is 1.73. The van der Waals surface area contributed by atoms with Crippen LogP contribution in [0.1, 0.15) is 70.2 Å². The molecule has 0 spiro atoms. The molecule has 174 valence electrons. The van der Waals surface area contributed by atoms with E-state index < -0.39 is 5.97 Å². The maximum absolute atomic E-state index is 13.3. The summed E-state index contributed by atoms with van der Waals surface area (Å²) >= 11 is 1.51. The average Bonchev–Trinajstić information content (AvgIpc) is 3.15. The lowest BCUT2D eigenvalue weighted by molar-refractivity contribution is -0.137. The third kappa shape index (κ3) is 5.34. The zero-order valence-electron chi connectivity index (χ0n) is 19.4. The number of thiophene rings is 1. The molecule has 1 aromatic heterocycles. The number of hydrogen-bond acceptors (Lipinski definition) is 4. The van der Waals surface area contributed by atoms with Crippen LogP contribution in [0.4, 0.5) is 0 Å². The molecule has 1 aromatic carbocycles. The molecule has 1 fully saturated rings. The molecular weight excluding hydrogens is 422 g/mol. The Kier molecular flexibility index (Phi) is 7.65. The molecule has 3 rings (SSSR count). The van der Waals surface area contributed by atoms with E-state index in [-0.39, 0.29) is 35.5 Å². The second-order valence-electron chi connectivity index (χ2n) is 9.86. The topological polar surface area (TPSA) is 86.6 Å². The van der Waals surface area contributed by atoms with E-state index in [4.69, 9.17) is 5.11 Å². The Labute approximate surface area is 194 Å². The zero-order valence-corrected chi connectivity index (χ0v) is 20.2. The minimum atomic E-state index is -0.759. The first-order valence-corrected chi connectivity index (χ1v) is 12.4. The number of aromatic hydroxyl groups is 1. The Morgan fingerprint density at radius 2 is 2.06 bits per heavy atom. The van der Waals surface area contributed by atoms with Crippen molar-refractivity contribution in [2.45, 2.75) is 65.8 Å². The van der Waals surface area contributed by atoms with Crippen LogP contribution in [0.2, 0.25) is 0 Å². The molecule has 5 nitrogen and oxygen atoms in total. The number of fused-ring (bicyclic) bond motifs is 1. The number of allylic oxidation sites excluding steroid dienone is 2. The molecule has 0 aliphatic heterocycles. The number of carboxylic acid groups (broad SMARTS) is 1. The van der Waals surface area contributed by atoms with Gasteiger partial charge in [0.2, 0.25) is 0 Å². The number of amides is 1. The van der Waals surface area contributed by atoms with Gasteiger partial charge in [-0.3, -0.25) is 9.59 Å². The van der Waals surface area contributed by atoms with Gasteiger partial charge in [-0.2, -0.15) is 0 Å². The summed E-state index contributed by atoms with van der Waals surface area (Å²) in [7, 11) is 0. The molecule has 4 unspecified atom stereocenters. The van der Waals surface area contributed by atoms with Gasteiger partial charge in [0.15, 0.2) is 0 Å². The number of carboxylic acids is 1. The normalized spacial score (nSPS) is 21.9. The highest BCUT2D eigenvalue weighted by Crippen LogP contribution is 2.53. The number of rotatable bonds is 10. The molecule has 32 heavy (non-hydrogen) atoms. The summed E-state index contributed by atoms with van der Waals surface area (Å²) in [5.41, 5.74) is 0.777. The lowest BCUT2D eigenvalue weighted by Crippen LogP contribution is -2.57. The Morgan fingerprint density at radius 3 is 2.72 bits per heavy atom. The number of phenolic OH excluding ortho intramolecular Hbond substituents is 1. The fraction of sp³-hybridized carbons (Fsp3) is 0.538. The van der Waals surface area contributed by atoms with Gasteiger partial charge in [0.05, 0.1) is 5.56 Å². The highest BCUT2D eigenvalue weighted by molar-refractivity contribution is 7.17. The SMILES string of the molecule is CC(C/C=C\CCCC(=O)O)C(NC(=O)c1csc2ccc(O)cc12)C1CC(C)C1(C)C. The van der Waals surface area contributed by atoms with Gasteiger partial charge in [-0.15, -0.1) is 11.3 Å². The summed E-state index contributed by atoms with van der Waals surface area (Å²) in [4.78, 5) is 24.0. The first-order chi connectivity index (χ1) is 15.1. The number of benzene rings is 1. The van der Waals surface area contributed by atoms with Gasteiger partial charge in [-0.1, -0.05) is 39.8 Å². The van der Waals surface area contributed by atoms with E-state index in [1.54, 1.807) is 12.1 Å². The molecule has 0 saturated heterocycles. The van der Waals surface area contributed by atoms with Crippen molar-refractivity contribution in [3.8, 4) is 5.75 Å². The van der Waals surface area contributed by atoms with Crippen LogP contribution in [0.3, 0.4) is 0 Å². The molecule has 1 aliphatic carbocycles. The first-order valence-electron chi connectivity index (χ1n) is 11.5. The van der Waals surface area contributed by atoms with Crippen LogP contribution in [-0.4, -0.2) is 28.1 Å². The van der Waals surface area contributed by atoms with Crippen LogP contribution >= 0.6 is 11.3 Å². The number of unbranched alkanes of at least 4 members (excludes halogenated alkanes) is 1. The third-order valence-corrected chi connectivity index (χ3v) is 8.38. The van der Waals surface area contributed by atoms with Crippen molar-refractivity contribution in [2.24, 2.45) is 23.2 Å². The van der Waals surface area contributed by atoms with Crippen molar-refractivity contribution in [3.63, 3.8) is 0 Å². The third-order valence-electron chi connectivity index (χ3n) is 7.42. The van der Waals surface area contributed by atoms with E-state index in [0.717, 1.165) is 29.3 Å². The van der Waals surface area contributed by atoms with Crippen molar-refractivity contribution < 1.29 is 19.8 Å². The van der Waals surface area contributed by atoms with Crippen LogP contribution in [0, 0.1) is 23.2 Å². The summed E-state index contributed by atoms with van der Waals surface area (Å²) in [6.07, 6.45) is 7.70. The summed E-state index contributed by atoms with van der Waals surface area (Å²) in [6.45, 7) is 9.04. The van der Waals surface area contributed by atoms with Crippen LogP contribution < -0.4 is 5.32 Å². The minimum Gasteiger partial charge on any atom is -0.508 e. The number of phenols is 1. The second-order valence-corrected chi connectivity index (χ2v) is 10.8. The number of aliphatic carboxylic acids is 1. The molecular formula is C26H35NO4S. The smallest absolute Gasteiger partial charge is 0.303 e. The van der Waals surface area contributed by atoms with Crippen molar-refractivity contribution in [1.82, 2.24) is 5.32 Å². The van der Waals surface area contributed by atoms with Crippen LogP contribution in [0.25, 0.3) is 10.1 Å². The molecule has 2 aromatic rings. The van der Waals surface area contributed by atoms with Gasteiger partial charge in [0.25, 0.3) is 5.91 Å². The van der Waals surface area contributed by atoms with Crippen molar-refractivity contribution in [1.29, 1.82) is 0 Å². The number of carbonyl (C=O) groups is 2. The molecule has 6 heteroatoms. The highest BCUT2D eigenvalue weighted by atomic mass is 32.1. The van der Waals surface area contributed by atoms with Gasteiger partial charge in [-0.25, -0.2) is 0 Å². The van der Waals surface area contributed by atoms with Gasteiger partial charge >= 0.3 is 5.97 Å². The van der Waals surface area contributed by atoms with E-state index in [0.29, 0.717) is 23.8 Å². The Hall–Kier alpha value is -2.34. The van der Waals surface area contributed by atoms with Gasteiger partial charge in [0.1, 0.15) is 5.75 Å². The lowest BCUT2D eigenvalue weighted by Gasteiger charge is -2.55. The average molecular weight is 458 g/mol. The van der Waals surface area contributed by atoms with E-state index in [1.165, 1.54) is 11.3 Å². The molecule has 0 bridgehead atoms. The standard InChI is InChI=1S/C26H35NO4S/c1-16(9-7-5-6-8-10-23(29)30)24(21-13-17(2)26(21,3)4)27-25(31)20-15-32-22-12-11-18(28)14-19(20)22/h5,7,11-12,14-17,21,24,28H,6,8-10,13H2,1-4H3,(H,27,31)(H,29,30)/b7-5-. The van der Waals surface area contributed by atoms with E-state index in [9.17, 15) is 14.7 Å². The van der Waals surface area contributed by atoms with Crippen LogP contribution in [-0.2, 0) is 4.79 Å². The maximum atomic E-state index is 13.3. The van der Waals surface area contributed by atoms with E-state index in [1.807, 2.05) is 11.4 Å². The number of carbonyl (C=O) groups excluding carboxylic acids is 1. The molecule has 1 heterocycles. The van der Waals surface area contributed by atoms with Crippen LogP contribution in [0.5, 0.6) is 5.75 Å². The van der Waals surface area contributed by atoms with Crippen molar-refractivity contribution in [2.75, 3.05) is 0 Å². The van der Waals surface area contributed by atoms with E-state index >= 15 is 0 Å². The van der Waals surface area contributed by atoms with Gasteiger partial charge in [0, 0.05) is 27.9 Å². The monoisotopic (exact) mass is 457 g/mol. The summed E-state index contributed by atoms with van der Waals surface area (Å²) in [5.74, 6) is 0.589. The van der Waals surface area contributed by atoms with Crippen molar-refractivity contribution >= 4 is 33.3 Å². The first kappa shape index (κ1) is 24.3. The van der Waals surface area contributed by atoms with Gasteiger partial charge < -0.3 is 15.5 Å². The molecule has 4 atom stereocenters. The predicted octanol–water partition coefficient (Wildman–Crippen LogP) is 6.22. The maximum Gasteiger partial charge on any atom is 0.303 e.